The van der Waals surface area contributed by atoms with Gasteiger partial charge in [-0.25, -0.2) is 4.98 Å². The summed E-state index contributed by atoms with van der Waals surface area (Å²) in [4.78, 5) is 63.0. The van der Waals surface area contributed by atoms with E-state index in [2.05, 4.69) is 49.9 Å². The van der Waals surface area contributed by atoms with Crippen molar-refractivity contribution < 1.29 is 19.2 Å². The van der Waals surface area contributed by atoms with E-state index in [1.54, 1.807) is 18.2 Å². The van der Waals surface area contributed by atoms with Gasteiger partial charge in [-0.3, -0.25) is 39.1 Å². The Bertz CT molecular complexity index is 1980. The van der Waals surface area contributed by atoms with E-state index in [0.29, 0.717) is 12.0 Å². The Morgan fingerprint density at radius 3 is 2.57 bits per heavy atom. The molecule has 4 amide bonds. The second kappa shape index (κ2) is 12.7. The zero-order chi connectivity index (χ0) is 33.6. The molecule has 1 aliphatic carbocycles. The number of amides is 4. The number of nitrogens with zero attached hydrogens (tertiary/aromatic N) is 6. The first-order valence-corrected chi connectivity index (χ1v) is 17.2. The highest BCUT2D eigenvalue weighted by Gasteiger charge is 2.44. The summed E-state index contributed by atoms with van der Waals surface area (Å²) in [5, 5.41) is 13.9. The minimum atomic E-state index is -0.964. The molecular weight excluding hydrogens is 622 g/mol. The van der Waals surface area contributed by atoms with Crippen molar-refractivity contribution in [3.8, 4) is 11.3 Å². The van der Waals surface area contributed by atoms with Gasteiger partial charge in [-0.05, 0) is 81.3 Å². The molecule has 0 bridgehead atoms. The Morgan fingerprint density at radius 2 is 1.76 bits per heavy atom. The number of rotatable bonds is 9. The number of benzene rings is 2. The van der Waals surface area contributed by atoms with Gasteiger partial charge in [-0.15, -0.1) is 0 Å². The Balaban J connectivity index is 0.825. The number of fused-ring (bicyclic) bond motifs is 2. The summed E-state index contributed by atoms with van der Waals surface area (Å²) < 4.78 is 2.10. The molecule has 1 unspecified atom stereocenters. The Labute approximate surface area is 283 Å². The van der Waals surface area contributed by atoms with Gasteiger partial charge < -0.3 is 15.5 Å². The molecule has 8 rings (SSSR count). The summed E-state index contributed by atoms with van der Waals surface area (Å²) in [7, 11) is 0. The first-order chi connectivity index (χ1) is 23.8. The summed E-state index contributed by atoms with van der Waals surface area (Å²) in [5.74, 6) is -1.37. The van der Waals surface area contributed by atoms with Crippen LogP contribution in [0.4, 0.5) is 11.4 Å². The number of imide groups is 2. The molecule has 1 atom stereocenters. The Kier molecular flexibility index (Phi) is 8.06. The van der Waals surface area contributed by atoms with Crippen molar-refractivity contribution in [1.82, 2.24) is 35.3 Å². The van der Waals surface area contributed by atoms with Crippen LogP contribution in [0.25, 0.3) is 22.3 Å². The van der Waals surface area contributed by atoms with E-state index >= 15 is 0 Å². The van der Waals surface area contributed by atoms with Gasteiger partial charge >= 0.3 is 0 Å². The monoisotopic (exact) mass is 661 g/mol. The molecule has 1 saturated carbocycles. The molecule has 2 aromatic carbocycles. The maximum atomic E-state index is 13.1. The van der Waals surface area contributed by atoms with Crippen LogP contribution in [-0.2, 0) is 9.59 Å². The van der Waals surface area contributed by atoms with Crippen LogP contribution in [0.1, 0.15) is 71.0 Å². The van der Waals surface area contributed by atoms with Crippen molar-refractivity contribution in [1.29, 1.82) is 0 Å². The highest BCUT2D eigenvalue weighted by molar-refractivity contribution is 6.23. The SMILES string of the molecule is Cc1nn(C2CC(CCCNc3ccc4c(c3)C(=O)N(C3CCC(=O)NC3=O)C4=O)C2)cc1-c1cnc2cc(N3CCNCC3)ccc2n1. The van der Waals surface area contributed by atoms with E-state index in [4.69, 9.17) is 15.1 Å². The number of hydrogen-bond acceptors (Lipinski definition) is 10. The molecule has 3 aliphatic heterocycles. The summed E-state index contributed by atoms with van der Waals surface area (Å²) in [6.07, 6.45) is 8.41. The fourth-order valence-electron chi connectivity index (χ4n) is 7.53. The standard InChI is InChI=1S/C36H39N9O4/c1-21-28(31-19-39-30-18-24(5-7-29(30)40-31)43-13-11-37-12-14-43)20-44(42-21)25-15-22(16-25)3-2-10-38-23-4-6-26-27(17-23)36(49)45(35(26)48)32-8-9-33(46)41-34(32)47/h4-7,17-20,22,25,32,37-38H,2-3,8-16H2,1H3,(H,41,46,47). The van der Waals surface area contributed by atoms with Gasteiger partial charge in [0.25, 0.3) is 11.8 Å². The highest BCUT2D eigenvalue weighted by atomic mass is 16.2. The lowest BCUT2D eigenvalue weighted by Crippen LogP contribution is -2.54. The van der Waals surface area contributed by atoms with E-state index in [-0.39, 0.29) is 29.9 Å². The number of hydrogen-bond donors (Lipinski definition) is 3. The molecule has 3 N–H and O–H groups in total. The van der Waals surface area contributed by atoms with Crippen LogP contribution in [0.2, 0.25) is 0 Å². The van der Waals surface area contributed by atoms with Crippen molar-refractivity contribution in [3.05, 3.63) is 65.6 Å². The molecule has 4 aromatic rings. The van der Waals surface area contributed by atoms with Crippen molar-refractivity contribution in [3.63, 3.8) is 0 Å². The largest absolute Gasteiger partial charge is 0.385 e. The van der Waals surface area contributed by atoms with Gasteiger partial charge in [0.2, 0.25) is 11.8 Å². The summed E-state index contributed by atoms with van der Waals surface area (Å²) in [6, 6.07) is 10.8. The zero-order valence-electron chi connectivity index (χ0n) is 27.4. The fourth-order valence-corrected chi connectivity index (χ4v) is 7.53. The van der Waals surface area contributed by atoms with Crippen molar-refractivity contribution in [2.45, 2.75) is 57.5 Å². The number of carbonyl (C=O) groups is 4. The third kappa shape index (κ3) is 5.92. The lowest BCUT2D eigenvalue weighted by atomic mass is 9.77. The van der Waals surface area contributed by atoms with Crippen LogP contribution >= 0.6 is 0 Å². The number of anilines is 2. The fraction of sp³-hybridized carbons (Fsp3) is 0.417. The molecule has 0 spiro atoms. The number of piperazine rings is 1. The third-order valence-electron chi connectivity index (χ3n) is 10.3. The predicted molar refractivity (Wildman–Crippen MR) is 183 cm³/mol. The number of aromatic nitrogens is 4. The average Bonchev–Trinajstić information content (AvgIpc) is 3.59. The number of aryl methyl sites for hydroxylation is 1. The summed E-state index contributed by atoms with van der Waals surface area (Å²) >= 11 is 0. The molecule has 2 aromatic heterocycles. The molecule has 2 saturated heterocycles. The molecule has 4 aliphatic rings. The van der Waals surface area contributed by atoms with Crippen LogP contribution in [0.15, 0.2) is 48.8 Å². The van der Waals surface area contributed by atoms with Crippen LogP contribution in [0.3, 0.4) is 0 Å². The smallest absolute Gasteiger partial charge is 0.262 e. The van der Waals surface area contributed by atoms with Crippen molar-refractivity contribution in [2.24, 2.45) is 5.92 Å². The number of carbonyl (C=O) groups excluding carboxylic acids is 4. The quantitative estimate of drug-likeness (QED) is 0.180. The van der Waals surface area contributed by atoms with Crippen LogP contribution in [0, 0.1) is 12.8 Å². The van der Waals surface area contributed by atoms with E-state index in [1.165, 1.54) is 5.69 Å². The van der Waals surface area contributed by atoms with Crippen LogP contribution < -0.4 is 20.9 Å². The lowest BCUT2D eigenvalue weighted by molar-refractivity contribution is -0.136. The second-order valence-corrected chi connectivity index (χ2v) is 13.5. The van der Waals surface area contributed by atoms with E-state index in [9.17, 15) is 19.2 Å². The first kappa shape index (κ1) is 31.1. The van der Waals surface area contributed by atoms with Gasteiger partial charge in [0.1, 0.15) is 6.04 Å². The maximum absolute atomic E-state index is 13.1. The number of piperidine rings is 1. The van der Waals surface area contributed by atoms with Gasteiger partial charge in [0, 0.05) is 62.3 Å². The normalized spacial score (nSPS) is 22.3. The molecule has 252 valence electrons. The topological polar surface area (TPSA) is 154 Å². The van der Waals surface area contributed by atoms with Crippen LogP contribution in [-0.4, -0.2) is 87.0 Å². The van der Waals surface area contributed by atoms with Gasteiger partial charge in [0.05, 0.1) is 45.8 Å². The first-order valence-electron chi connectivity index (χ1n) is 17.2. The predicted octanol–water partition coefficient (Wildman–Crippen LogP) is 3.46. The Morgan fingerprint density at radius 1 is 0.939 bits per heavy atom. The minimum absolute atomic E-state index is 0.0972. The summed E-state index contributed by atoms with van der Waals surface area (Å²) in [5.41, 5.74) is 7.11. The molecule has 0 radical (unpaired) electrons. The van der Waals surface area contributed by atoms with E-state index in [0.717, 1.165) is 97.0 Å². The van der Waals surface area contributed by atoms with Crippen molar-refractivity contribution in [2.75, 3.05) is 42.9 Å². The molecule has 13 nitrogen and oxygen atoms in total. The molecule has 3 fully saturated rings. The minimum Gasteiger partial charge on any atom is -0.385 e. The van der Waals surface area contributed by atoms with E-state index < -0.39 is 23.8 Å². The van der Waals surface area contributed by atoms with Gasteiger partial charge in [-0.1, -0.05) is 0 Å². The average molecular weight is 662 g/mol. The van der Waals surface area contributed by atoms with Gasteiger partial charge in [-0.2, -0.15) is 5.10 Å². The molecule has 49 heavy (non-hydrogen) atoms. The summed E-state index contributed by atoms with van der Waals surface area (Å²) in [6.45, 7) is 6.74. The van der Waals surface area contributed by atoms with Crippen molar-refractivity contribution >= 4 is 46.0 Å². The molecule has 13 heteroatoms. The molecule has 5 heterocycles. The van der Waals surface area contributed by atoms with Crippen LogP contribution in [0.5, 0.6) is 0 Å². The molecular formula is C36H39N9O4. The highest BCUT2D eigenvalue weighted by Crippen LogP contribution is 2.41. The lowest BCUT2D eigenvalue weighted by Gasteiger charge is -2.35. The zero-order valence-corrected chi connectivity index (χ0v) is 27.4. The number of nitrogens with one attached hydrogen (secondary N) is 3. The van der Waals surface area contributed by atoms with E-state index in [1.807, 2.05) is 13.1 Å². The second-order valence-electron chi connectivity index (χ2n) is 13.5. The Hall–Kier alpha value is -5.17. The maximum Gasteiger partial charge on any atom is 0.262 e. The third-order valence-corrected chi connectivity index (χ3v) is 10.3. The van der Waals surface area contributed by atoms with Gasteiger partial charge in [0.15, 0.2) is 0 Å².